The van der Waals surface area contributed by atoms with E-state index in [1.54, 1.807) is 6.92 Å². The summed E-state index contributed by atoms with van der Waals surface area (Å²) in [7, 11) is 1.86. The molecule has 0 aromatic carbocycles. The van der Waals surface area contributed by atoms with Crippen LogP contribution in [0.2, 0.25) is 0 Å². The largest absolute Gasteiger partial charge is 0.345 e. The molecule has 0 saturated heterocycles. The van der Waals surface area contributed by atoms with Gasteiger partial charge in [-0.2, -0.15) is 0 Å². The van der Waals surface area contributed by atoms with Crippen LogP contribution in [0, 0.1) is 71.0 Å². The first kappa shape index (κ1) is 17.8. The van der Waals surface area contributed by atoms with Crippen molar-refractivity contribution in [1.29, 1.82) is 0 Å². The molecule has 0 heterocycles. The maximum atomic E-state index is 11.2. The van der Waals surface area contributed by atoms with E-state index in [1.807, 2.05) is 7.05 Å². The molecule has 0 rings (SSSR count). The molecule has 0 aliphatic rings. The Morgan fingerprint density at radius 2 is 1.33 bits per heavy atom. The SMILES string of the molecule is CC#CC#CC#CC#CC#CC#CC(=O)NCCCNC. The summed E-state index contributed by atoms with van der Waals surface area (Å²) in [4.78, 5) is 11.2. The van der Waals surface area contributed by atoms with Gasteiger partial charge in [0, 0.05) is 12.5 Å². The first-order valence-electron chi connectivity index (χ1n) is 6.16. The maximum Gasteiger partial charge on any atom is 0.296 e. The Kier molecular flexibility index (Phi) is 12.6. The smallest absolute Gasteiger partial charge is 0.296 e. The molecule has 21 heavy (non-hydrogen) atoms. The Morgan fingerprint density at radius 1 is 0.810 bits per heavy atom. The van der Waals surface area contributed by atoms with Crippen molar-refractivity contribution in [3.05, 3.63) is 0 Å². The van der Waals surface area contributed by atoms with Crippen LogP contribution < -0.4 is 10.6 Å². The molecule has 0 radical (unpaired) electrons. The minimum absolute atomic E-state index is 0.347. The number of amides is 1. The zero-order valence-corrected chi connectivity index (χ0v) is 12.0. The van der Waals surface area contributed by atoms with E-state index in [1.165, 1.54) is 0 Å². The van der Waals surface area contributed by atoms with Crippen LogP contribution in [0.25, 0.3) is 0 Å². The van der Waals surface area contributed by atoms with Crippen molar-refractivity contribution in [3.8, 4) is 71.0 Å². The molecule has 3 nitrogen and oxygen atoms in total. The summed E-state index contributed by atoms with van der Waals surface area (Å²) >= 11 is 0. The summed E-state index contributed by atoms with van der Waals surface area (Å²) in [5.41, 5.74) is 0. The van der Waals surface area contributed by atoms with Crippen LogP contribution in [0.1, 0.15) is 13.3 Å². The van der Waals surface area contributed by atoms with Crippen LogP contribution in [0.15, 0.2) is 0 Å². The van der Waals surface area contributed by atoms with Crippen LogP contribution >= 0.6 is 0 Å². The molecule has 102 valence electrons. The molecule has 0 aromatic rings. The van der Waals surface area contributed by atoms with E-state index < -0.39 is 0 Å². The average molecular weight is 274 g/mol. The molecule has 0 saturated carbocycles. The predicted octanol–water partition coefficient (Wildman–Crippen LogP) is -0.248. The molecule has 0 atom stereocenters. The van der Waals surface area contributed by atoms with Crippen LogP contribution in [-0.4, -0.2) is 26.0 Å². The predicted molar refractivity (Wildman–Crippen MR) is 83.9 cm³/mol. The number of carbonyl (C=O) groups excluding carboxylic acids is 1. The summed E-state index contributed by atoms with van der Waals surface area (Å²) in [5.74, 6) is 29.5. The van der Waals surface area contributed by atoms with Crippen molar-refractivity contribution in [1.82, 2.24) is 10.6 Å². The van der Waals surface area contributed by atoms with Gasteiger partial charge in [0.05, 0.1) is 0 Å². The van der Waals surface area contributed by atoms with E-state index in [2.05, 4.69) is 81.7 Å². The van der Waals surface area contributed by atoms with Gasteiger partial charge in [-0.15, -0.1) is 0 Å². The molecule has 0 aliphatic heterocycles. The van der Waals surface area contributed by atoms with Crippen molar-refractivity contribution < 1.29 is 4.79 Å². The number of nitrogens with one attached hydrogen (secondary N) is 2. The second kappa shape index (κ2) is 14.8. The molecule has 0 aromatic heterocycles. The van der Waals surface area contributed by atoms with Gasteiger partial charge in [0.2, 0.25) is 0 Å². The molecule has 0 bridgehead atoms. The summed E-state index contributed by atoms with van der Waals surface area (Å²) in [5, 5.41) is 5.63. The summed E-state index contributed by atoms with van der Waals surface area (Å²) in [6, 6.07) is 0. The lowest BCUT2D eigenvalue weighted by Gasteiger charge is -1.98. The second-order valence-electron chi connectivity index (χ2n) is 3.34. The number of hydrogen-bond donors (Lipinski definition) is 2. The Bertz CT molecular complexity index is 708. The molecule has 0 spiro atoms. The highest BCUT2D eigenvalue weighted by atomic mass is 16.1. The monoisotopic (exact) mass is 274 g/mol. The second-order valence-corrected chi connectivity index (χ2v) is 3.34. The highest BCUT2D eigenvalue weighted by molar-refractivity contribution is 5.94. The Hall–Kier alpha value is -3.21. The third kappa shape index (κ3) is 14.7. The maximum absolute atomic E-state index is 11.2. The standard InChI is InChI=1S/C18H14N2O/c1-3-4-5-6-7-8-9-10-11-12-13-15-18(21)20-17-14-16-19-2/h19H,14,16-17H2,1-2H3,(H,20,21). The fourth-order valence-electron chi connectivity index (χ4n) is 0.912. The molecule has 3 heteroatoms. The fourth-order valence-corrected chi connectivity index (χ4v) is 0.912. The van der Waals surface area contributed by atoms with Gasteiger partial charge < -0.3 is 10.6 Å². The van der Waals surface area contributed by atoms with Crippen molar-refractivity contribution in [2.75, 3.05) is 20.1 Å². The normalized spacial score (nSPS) is 6.19. The van der Waals surface area contributed by atoms with Crippen LogP contribution in [0.3, 0.4) is 0 Å². The van der Waals surface area contributed by atoms with E-state index in [0.29, 0.717) is 6.54 Å². The zero-order valence-electron chi connectivity index (χ0n) is 12.0. The van der Waals surface area contributed by atoms with Crippen molar-refractivity contribution in [2.24, 2.45) is 0 Å². The summed E-state index contributed by atoms with van der Waals surface area (Å²) in [6.45, 7) is 3.13. The van der Waals surface area contributed by atoms with Gasteiger partial charge in [0.15, 0.2) is 0 Å². The van der Waals surface area contributed by atoms with E-state index in [-0.39, 0.29) is 5.91 Å². The van der Waals surface area contributed by atoms with Crippen LogP contribution in [0.5, 0.6) is 0 Å². The zero-order chi connectivity index (χ0) is 15.6. The van der Waals surface area contributed by atoms with Gasteiger partial charge in [0.1, 0.15) is 0 Å². The van der Waals surface area contributed by atoms with E-state index in [9.17, 15) is 4.79 Å². The summed E-state index contributed by atoms with van der Waals surface area (Å²) < 4.78 is 0. The van der Waals surface area contributed by atoms with Gasteiger partial charge in [-0.25, -0.2) is 0 Å². The Labute approximate surface area is 126 Å². The highest BCUT2D eigenvalue weighted by Gasteiger charge is 1.91. The van der Waals surface area contributed by atoms with Gasteiger partial charge in [-0.3, -0.25) is 4.79 Å². The third-order valence-corrected chi connectivity index (χ3v) is 1.75. The van der Waals surface area contributed by atoms with Gasteiger partial charge in [-0.05, 0) is 86.1 Å². The molecule has 1 amide bonds. The molecule has 0 unspecified atom stereocenters. The quantitative estimate of drug-likeness (QED) is 0.548. The average Bonchev–Trinajstić information content (AvgIpc) is 2.49. The lowest BCUT2D eigenvalue weighted by atomic mass is 10.4. The molecule has 2 N–H and O–H groups in total. The van der Waals surface area contributed by atoms with E-state index in [4.69, 9.17) is 0 Å². The lowest BCUT2D eigenvalue weighted by molar-refractivity contribution is -0.115. The Morgan fingerprint density at radius 3 is 1.86 bits per heavy atom. The first-order valence-corrected chi connectivity index (χ1v) is 6.16. The highest BCUT2D eigenvalue weighted by Crippen LogP contribution is 1.71. The minimum Gasteiger partial charge on any atom is -0.345 e. The van der Waals surface area contributed by atoms with Gasteiger partial charge >= 0.3 is 0 Å². The molecule has 0 fully saturated rings. The molecule has 0 aliphatic carbocycles. The van der Waals surface area contributed by atoms with Gasteiger partial charge in [-0.1, -0.05) is 5.92 Å². The number of carbonyl (C=O) groups is 1. The summed E-state index contributed by atoms with van der Waals surface area (Å²) in [6.07, 6.45) is 0.854. The Balaban J connectivity index is 4.09. The van der Waals surface area contributed by atoms with Crippen molar-refractivity contribution in [3.63, 3.8) is 0 Å². The number of hydrogen-bond acceptors (Lipinski definition) is 2. The third-order valence-electron chi connectivity index (χ3n) is 1.75. The molecular weight excluding hydrogens is 260 g/mol. The number of rotatable bonds is 4. The van der Waals surface area contributed by atoms with Gasteiger partial charge in [0.25, 0.3) is 5.91 Å². The fraction of sp³-hybridized carbons (Fsp3) is 0.278. The lowest BCUT2D eigenvalue weighted by Crippen LogP contribution is -2.25. The van der Waals surface area contributed by atoms with E-state index >= 15 is 0 Å². The van der Waals surface area contributed by atoms with Crippen LogP contribution in [-0.2, 0) is 4.79 Å². The van der Waals surface area contributed by atoms with Crippen molar-refractivity contribution in [2.45, 2.75) is 13.3 Å². The minimum atomic E-state index is -0.347. The molecular formula is C18H14N2O. The first-order chi connectivity index (χ1) is 10.3. The van der Waals surface area contributed by atoms with E-state index in [0.717, 1.165) is 13.0 Å². The van der Waals surface area contributed by atoms with Crippen molar-refractivity contribution >= 4 is 5.91 Å². The van der Waals surface area contributed by atoms with Crippen LogP contribution in [0.4, 0.5) is 0 Å². The topological polar surface area (TPSA) is 41.1 Å².